The van der Waals surface area contributed by atoms with Gasteiger partial charge in [-0.05, 0) is 30.9 Å². The average molecular weight is 265 g/mol. The highest BCUT2D eigenvalue weighted by Crippen LogP contribution is 2.25. The molecule has 1 aromatic rings. The molecule has 1 aliphatic rings. The van der Waals surface area contributed by atoms with Gasteiger partial charge in [-0.25, -0.2) is 9.18 Å². The van der Waals surface area contributed by atoms with Gasteiger partial charge in [-0.15, -0.1) is 0 Å². The maximum atomic E-state index is 13.6. The van der Waals surface area contributed by atoms with Crippen molar-refractivity contribution in [3.63, 3.8) is 0 Å². The molecule has 1 N–H and O–H groups in total. The first-order chi connectivity index (χ1) is 9.00. The average Bonchev–Trinajstić information content (AvgIpc) is 2.38. The van der Waals surface area contributed by atoms with Crippen molar-refractivity contribution >= 4 is 11.9 Å². The van der Waals surface area contributed by atoms with E-state index in [-0.39, 0.29) is 11.5 Å². The standard InChI is InChI=1S/C14H16FNO3/c1-9-6-7-16(12(8-9)14(18)19)13(17)10-4-2-3-5-11(10)15/h2-5,9,12H,6-8H2,1H3,(H,18,19). The molecule has 1 fully saturated rings. The summed E-state index contributed by atoms with van der Waals surface area (Å²) in [6.45, 7) is 2.31. The summed E-state index contributed by atoms with van der Waals surface area (Å²) in [5.74, 6) is -1.94. The Bertz CT molecular complexity index is 503. The lowest BCUT2D eigenvalue weighted by molar-refractivity contribution is -0.144. The van der Waals surface area contributed by atoms with Gasteiger partial charge in [0, 0.05) is 6.54 Å². The number of benzene rings is 1. The van der Waals surface area contributed by atoms with E-state index in [9.17, 15) is 19.1 Å². The fraction of sp³-hybridized carbons (Fsp3) is 0.429. The summed E-state index contributed by atoms with van der Waals surface area (Å²) in [5, 5.41) is 9.20. The van der Waals surface area contributed by atoms with Crippen molar-refractivity contribution in [3.05, 3.63) is 35.6 Å². The van der Waals surface area contributed by atoms with Crippen molar-refractivity contribution in [3.8, 4) is 0 Å². The first kappa shape index (κ1) is 13.5. The summed E-state index contributed by atoms with van der Waals surface area (Å²) < 4.78 is 13.6. The molecule has 0 aromatic heterocycles. The van der Waals surface area contributed by atoms with E-state index in [0.717, 1.165) is 6.42 Å². The number of carboxylic acid groups (broad SMARTS) is 1. The third-order valence-corrected chi connectivity index (χ3v) is 3.51. The molecule has 0 bridgehead atoms. The molecule has 0 radical (unpaired) electrons. The molecule has 19 heavy (non-hydrogen) atoms. The van der Waals surface area contributed by atoms with Gasteiger partial charge < -0.3 is 10.0 Å². The van der Waals surface area contributed by atoms with E-state index in [1.165, 1.54) is 23.1 Å². The van der Waals surface area contributed by atoms with Crippen LogP contribution in [0.1, 0.15) is 30.1 Å². The van der Waals surface area contributed by atoms with Crippen LogP contribution in [0, 0.1) is 11.7 Å². The van der Waals surface area contributed by atoms with Gasteiger partial charge in [-0.3, -0.25) is 4.79 Å². The summed E-state index contributed by atoms with van der Waals surface area (Å²) in [4.78, 5) is 24.8. The normalized spacial score (nSPS) is 23.2. The predicted octanol–water partition coefficient (Wildman–Crippen LogP) is 2.15. The molecule has 102 valence electrons. The van der Waals surface area contributed by atoms with Gasteiger partial charge in [-0.1, -0.05) is 19.1 Å². The summed E-state index contributed by atoms with van der Waals surface area (Å²) in [6.07, 6.45) is 1.15. The van der Waals surface area contributed by atoms with Crippen LogP contribution in [0.4, 0.5) is 4.39 Å². The molecule has 1 aromatic carbocycles. The van der Waals surface area contributed by atoms with Crippen molar-refractivity contribution in [2.75, 3.05) is 6.54 Å². The Kier molecular flexibility index (Phi) is 3.83. The molecule has 2 unspecified atom stereocenters. The number of hydrogen-bond donors (Lipinski definition) is 1. The van der Waals surface area contributed by atoms with Crippen LogP contribution in [0.15, 0.2) is 24.3 Å². The number of carbonyl (C=O) groups is 2. The number of piperidine rings is 1. The molecule has 0 saturated carbocycles. The quantitative estimate of drug-likeness (QED) is 0.891. The summed E-state index contributed by atoms with van der Waals surface area (Å²) in [7, 11) is 0. The Morgan fingerprint density at radius 2 is 2.05 bits per heavy atom. The number of halogens is 1. The van der Waals surface area contributed by atoms with E-state index >= 15 is 0 Å². The smallest absolute Gasteiger partial charge is 0.326 e. The van der Waals surface area contributed by atoms with Crippen LogP contribution in [-0.2, 0) is 4.79 Å². The maximum absolute atomic E-state index is 13.6. The third kappa shape index (κ3) is 2.75. The number of likely N-dealkylation sites (tertiary alicyclic amines) is 1. The number of rotatable bonds is 2. The lowest BCUT2D eigenvalue weighted by Crippen LogP contribution is -2.50. The van der Waals surface area contributed by atoms with Crippen LogP contribution < -0.4 is 0 Å². The zero-order valence-corrected chi connectivity index (χ0v) is 10.7. The number of aliphatic carboxylic acids is 1. The lowest BCUT2D eigenvalue weighted by Gasteiger charge is -2.36. The van der Waals surface area contributed by atoms with Crippen LogP contribution in [0.5, 0.6) is 0 Å². The van der Waals surface area contributed by atoms with Crippen molar-refractivity contribution in [2.24, 2.45) is 5.92 Å². The van der Waals surface area contributed by atoms with Gasteiger partial charge in [0.15, 0.2) is 0 Å². The summed E-state index contributed by atoms with van der Waals surface area (Å²) >= 11 is 0. The third-order valence-electron chi connectivity index (χ3n) is 3.51. The highest BCUT2D eigenvalue weighted by Gasteiger charge is 2.35. The first-order valence-electron chi connectivity index (χ1n) is 6.29. The van der Waals surface area contributed by atoms with Crippen LogP contribution in [0.25, 0.3) is 0 Å². The minimum absolute atomic E-state index is 0.0664. The number of nitrogens with zero attached hydrogens (tertiary/aromatic N) is 1. The summed E-state index contributed by atoms with van der Waals surface area (Å²) in [5.41, 5.74) is -0.0664. The Morgan fingerprint density at radius 1 is 1.37 bits per heavy atom. The predicted molar refractivity (Wildman–Crippen MR) is 67.3 cm³/mol. The van der Waals surface area contributed by atoms with Gasteiger partial charge >= 0.3 is 5.97 Å². The Balaban J connectivity index is 2.27. The maximum Gasteiger partial charge on any atom is 0.326 e. The highest BCUT2D eigenvalue weighted by molar-refractivity contribution is 5.97. The Labute approximate surface area is 110 Å². The number of amides is 1. The number of carbonyl (C=O) groups excluding carboxylic acids is 1. The van der Waals surface area contributed by atoms with Crippen LogP contribution >= 0.6 is 0 Å². The molecule has 0 aliphatic carbocycles. The van der Waals surface area contributed by atoms with E-state index in [4.69, 9.17) is 0 Å². The van der Waals surface area contributed by atoms with Gasteiger partial charge in [0.1, 0.15) is 11.9 Å². The molecule has 1 saturated heterocycles. The second-order valence-corrected chi connectivity index (χ2v) is 4.96. The van der Waals surface area contributed by atoms with E-state index in [0.29, 0.717) is 13.0 Å². The van der Waals surface area contributed by atoms with E-state index < -0.39 is 23.7 Å². The van der Waals surface area contributed by atoms with Crippen molar-refractivity contribution in [1.29, 1.82) is 0 Å². The van der Waals surface area contributed by atoms with Gasteiger partial charge in [0.2, 0.25) is 0 Å². The topological polar surface area (TPSA) is 57.6 Å². The van der Waals surface area contributed by atoms with E-state index in [1.54, 1.807) is 6.07 Å². The van der Waals surface area contributed by atoms with Gasteiger partial charge in [0.05, 0.1) is 5.56 Å². The molecule has 1 amide bonds. The number of carboxylic acids is 1. The van der Waals surface area contributed by atoms with Crippen molar-refractivity contribution in [1.82, 2.24) is 4.90 Å². The molecule has 2 rings (SSSR count). The van der Waals surface area contributed by atoms with Crippen LogP contribution in [0.3, 0.4) is 0 Å². The molecule has 0 spiro atoms. The van der Waals surface area contributed by atoms with Crippen LogP contribution in [-0.4, -0.2) is 34.5 Å². The van der Waals surface area contributed by atoms with Gasteiger partial charge in [0.25, 0.3) is 5.91 Å². The highest BCUT2D eigenvalue weighted by atomic mass is 19.1. The molecular formula is C14H16FNO3. The van der Waals surface area contributed by atoms with Crippen LogP contribution in [0.2, 0.25) is 0 Å². The van der Waals surface area contributed by atoms with E-state index in [2.05, 4.69) is 0 Å². The molecule has 2 atom stereocenters. The SMILES string of the molecule is CC1CCN(C(=O)c2ccccc2F)C(C(=O)O)C1. The monoisotopic (exact) mass is 265 g/mol. The molecule has 5 heteroatoms. The minimum Gasteiger partial charge on any atom is -0.480 e. The molecule has 1 heterocycles. The Hall–Kier alpha value is -1.91. The second-order valence-electron chi connectivity index (χ2n) is 4.96. The van der Waals surface area contributed by atoms with E-state index in [1.807, 2.05) is 6.92 Å². The number of hydrogen-bond acceptors (Lipinski definition) is 2. The first-order valence-corrected chi connectivity index (χ1v) is 6.29. The summed E-state index contributed by atoms with van der Waals surface area (Å²) in [6, 6.07) is 4.79. The van der Waals surface area contributed by atoms with Crippen molar-refractivity contribution in [2.45, 2.75) is 25.8 Å². The molecular weight excluding hydrogens is 249 g/mol. The molecule has 1 aliphatic heterocycles. The Morgan fingerprint density at radius 3 is 2.68 bits per heavy atom. The fourth-order valence-corrected chi connectivity index (χ4v) is 2.41. The van der Waals surface area contributed by atoms with Gasteiger partial charge in [-0.2, -0.15) is 0 Å². The zero-order chi connectivity index (χ0) is 14.0. The second kappa shape index (κ2) is 5.38. The minimum atomic E-state index is -1.03. The van der Waals surface area contributed by atoms with Crippen molar-refractivity contribution < 1.29 is 19.1 Å². The molecule has 4 nitrogen and oxygen atoms in total. The zero-order valence-electron chi connectivity index (χ0n) is 10.7. The lowest BCUT2D eigenvalue weighted by atomic mass is 9.92. The largest absolute Gasteiger partial charge is 0.480 e. The fourth-order valence-electron chi connectivity index (χ4n) is 2.41.